The summed E-state index contributed by atoms with van der Waals surface area (Å²) in [5, 5.41) is 3.27. The molecule has 1 amide bonds. The van der Waals surface area contributed by atoms with E-state index < -0.39 is 27.4 Å². The Balaban J connectivity index is 1.93. The topological polar surface area (TPSA) is 112 Å². The summed E-state index contributed by atoms with van der Waals surface area (Å²) >= 11 is 0. The predicted molar refractivity (Wildman–Crippen MR) is 99.2 cm³/mol. The molecule has 0 unspecified atom stereocenters. The molecule has 1 atom stereocenters. The molecular weight excluding hydrogens is 374 g/mol. The molecule has 8 nitrogen and oxygen atoms in total. The smallest absolute Gasteiger partial charge is 0.340 e. The summed E-state index contributed by atoms with van der Waals surface area (Å²) in [4.78, 5) is 24.7. The second kappa shape index (κ2) is 7.22. The van der Waals surface area contributed by atoms with Gasteiger partial charge in [-0.1, -0.05) is 0 Å². The molecule has 2 heterocycles. The zero-order valence-corrected chi connectivity index (χ0v) is 16.1. The molecule has 1 aromatic heterocycles. The quantitative estimate of drug-likeness (QED) is 0.751. The first-order valence-corrected chi connectivity index (χ1v) is 10.2. The van der Waals surface area contributed by atoms with Crippen molar-refractivity contribution in [1.29, 1.82) is 0 Å². The van der Waals surface area contributed by atoms with Gasteiger partial charge in [-0.3, -0.25) is 4.79 Å². The highest BCUT2D eigenvalue weighted by Gasteiger charge is 2.29. The third-order valence-electron chi connectivity index (χ3n) is 4.71. The highest BCUT2D eigenvalue weighted by molar-refractivity contribution is 7.91. The molecule has 1 saturated heterocycles. The minimum Gasteiger partial charge on any atom is -0.496 e. The molecule has 0 radical (unpaired) electrons. The summed E-state index contributed by atoms with van der Waals surface area (Å²) in [6.07, 6.45) is 0.183. The van der Waals surface area contributed by atoms with Gasteiger partial charge in [-0.25, -0.2) is 13.2 Å². The van der Waals surface area contributed by atoms with E-state index in [0.717, 1.165) is 0 Å². The average molecular weight is 395 g/mol. The van der Waals surface area contributed by atoms with Crippen molar-refractivity contribution in [3.63, 3.8) is 0 Å². The van der Waals surface area contributed by atoms with E-state index in [1.165, 1.54) is 14.2 Å². The van der Waals surface area contributed by atoms with Gasteiger partial charge in [0.25, 0.3) is 0 Å². The Morgan fingerprint density at radius 2 is 2.04 bits per heavy atom. The van der Waals surface area contributed by atoms with E-state index in [-0.39, 0.29) is 23.5 Å². The van der Waals surface area contributed by atoms with Crippen LogP contribution in [0.25, 0.3) is 11.0 Å². The highest BCUT2D eigenvalue weighted by atomic mass is 32.2. The van der Waals surface area contributed by atoms with Gasteiger partial charge < -0.3 is 19.2 Å². The normalized spacial score (nSPS) is 18.4. The third-order valence-corrected chi connectivity index (χ3v) is 6.47. The Bertz CT molecular complexity index is 1060. The molecule has 2 aromatic rings. The standard InChI is InChI=1S/C18H21NO7S/c1-10-13(8-16(20)19-11-4-5-27(22,23)9-11)18(21)26-15-7-12(24-2)6-14(25-3)17(10)15/h6-7,11H,4-5,8-9H2,1-3H3,(H,19,20)/t11-/m0/s1. The van der Waals surface area contributed by atoms with Gasteiger partial charge in [0.2, 0.25) is 5.91 Å². The SMILES string of the molecule is COc1cc(OC)c2c(C)c(CC(=O)N[C@H]3CCS(=O)(=O)C3)c(=O)oc2c1. The third kappa shape index (κ3) is 3.92. The van der Waals surface area contributed by atoms with Crippen molar-refractivity contribution in [3.8, 4) is 11.5 Å². The summed E-state index contributed by atoms with van der Waals surface area (Å²) in [6.45, 7) is 1.72. The number of benzene rings is 1. The minimum absolute atomic E-state index is 0.0636. The number of nitrogens with one attached hydrogen (secondary N) is 1. The number of aryl methyl sites for hydroxylation is 1. The summed E-state index contributed by atoms with van der Waals surface area (Å²) in [5.41, 5.74) is 0.475. The first-order valence-electron chi connectivity index (χ1n) is 8.42. The number of carbonyl (C=O) groups excluding carboxylic acids is 1. The van der Waals surface area contributed by atoms with Crippen molar-refractivity contribution in [2.24, 2.45) is 0 Å². The molecule has 0 spiro atoms. The summed E-state index contributed by atoms with van der Waals surface area (Å²) < 4.78 is 39.0. The van der Waals surface area contributed by atoms with Gasteiger partial charge >= 0.3 is 5.63 Å². The molecule has 146 valence electrons. The number of amides is 1. The molecule has 9 heteroatoms. The number of sulfone groups is 1. The van der Waals surface area contributed by atoms with E-state index >= 15 is 0 Å². The van der Waals surface area contributed by atoms with Crippen molar-refractivity contribution in [3.05, 3.63) is 33.7 Å². The van der Waals surface area contributed by atoms with E-state index in [0.29, 0.717) is 34.5 Å². The van der Waals surface area contributed by atoms with Crippen molar-refractivity contribution in [1.82, 2.24) is 5.32 Å². The summed E-state index contributed by atoms with van der Waals surface area (Å²) in [6, 6.07) is 2.83. The summed E-state index contributed by atoms with van der Waals surface area (Å²) in [5.74, 6) is 0.523. The predicted octanol–water partition coefficient (Wildman–Crippen LogP) is 0.964. The number of hydrogen-bond donors (Lipinski definition) is 1. The molecular formula is C18H21NO7S. The molecule has 0 aliphatic carbocycles. The van der Waals surface area contributed by atoms with Gasteiger partial charge in [0.1, 0.15) is 17.1 Å². The van der Waals surface area contributed by atoms with Crippen molar-refractivity contribution < 1.29 is 27.1 Å². The maximum Gasteiger partial charge on any atom is 0.340 e. The fourth-order valence-corrected chi connectivity index (χ4v) is 4.99. The van der Waals surface area contributed by atoms with Crippen LogP contribution in [0.5, 0.6) is 11.5 Å². The molecule has 1 aliphatic rings. The van der Waals surface area contributed by atoms with Crippen LogP contribution in [0, 0.1) is 6.92 Å². The second-order valence-electron chi connectivity index (χ2n) is 6.54. The van der Waals surface area contributed by atoms with Gasteiger partial charge in [-0.05, 0) is 18.9 Å². The van der Waals surface area contributed by atoms with E-state index in [1.54, 1.807) is 19.1 Å². The molecule has 1 fully saturated rings. The van der Waals surface area contributed by atoms with Gasteiger partial charge in [-0.2, -0.15) is 0 Å². The monoisotopic (exact) mass is 395 g/mol. The van der Waals surface area contributed by atoms with Crippen LogP contribution in [0.1, 0.15) is 17.5 Å². The lowest BCUT2D eigenvalue weighted by atomic mass is 10.0. The lowest BCUT2D eigenvalue weighted by molar-refractivity contribution is -0.121. The van der Waals surface area contributed by atoms with Crippen LogP contribution in [0.15, 0.2) is 21.3 Å². The maximum atomic E-state index is 12.4. The number of rotatable bonds is 5. The highest BCUT2D eigenvalue weighted by Crippen LogP contribution is 2.33. The summed E-state index contributed by atoms with van der Waals surface area (Å²) in [7, 11) is -0.113. The Labute approximate surface area is 156 Å². The first-order chi connectivity index (χ1) is 12.7. The Morgan fingerprint density at radius 1 is 1.30 bits per heavy atom. The van der Waals surface area contributed by atoms with E-state index in [2.05, 4.69) is 5.32 Å². The van der Waals surface area contributed by atoms with Crippen LogP contribution in [0.2, 0.25) is 0 Å². The van der Waals surface area contributed by atoms with E-state index in [4.69, 9.17) is 13.9 Å². The molecule has 27 heavy (non-hydrogen) atoms. The lowest BCUT2D eigenvalue weighted by Gasteiger charge is -2.14. The van der Waals surface area contributed by atoms with Crippen molar-refractivity contribution in [2.75, 3.05) is 25.7 Å². The zero-order valence-electron chi connectivity index (χ0n) is 15.3. The van der Waals surface area contributed by atoms with Gasteiger partial charge in [0, 0.05) is 18.2 Å². The zero-order chi connectivity index (χ0) is 19.8. The second-order valence-corrected chi connectivity index (χ2v) is 8.77. The molecule has 0 saturated carbocycles. The number of ether oxygens (including phenoxy) is 2. The first kappa shape index (κ1) is 19.2. The largest absolute Gasteiger partial charge is 0.496 e. The van der Waals surface area contributed by atoms with E-state index in [1.807, 2.05) is 0 Å². The number of hydrogen-bond acceptors (Lipinski definition) is 7. The molecule has 1 aliphatic heterocycles. The van der Waals surface area contributed by atoms with Crippen LogP contribution in [0.3, 0.4) is 0 Å². The Morgan fingerprint density at radius 3 is 2.63 bits per heavy atom. The minimum atomic E-state index is -3.10. The number of methoxy groups -OCH3 is 2. The van der Waals surface area contributed by atoms with Gasteiger partial charge in [0.05, 0.1) is 43.1 Å². The number of carbonyl (C=O) groups is 1. The van der Waals surface area contributed by atoms with Crippen LogP contribution in [-0.2, 0) is 21.1 Å². The van der Waals surface area contributed by atoms with Crippen molar-refractivity contribution >= 4 is 26.7 Å². The molecule has 1 aromatic carbocycles. The lowest BCUT2D eigenvalue weighted by Crippen LogP contribution is -2.37. The van der Waals surface area contributed by atoms with Crippen LogP contribution >= 0.6 is 0 Å². The van der Waals surface area contributed by atoms with Crippen LogP contribution < -0.4 is 20.4 Å². The van der Waals surface area contributed by atoms with Crippen LogP contribution in [-0.4, -0.2) is 46.1 Å². The molecule has 0 bridgehead atoms. The van der Waals surface area contributed by atoms with Crippen molar-refractivity contribution in [2.45, 2.75) is 25.8 Å². The molecule has 1 N–H and O–H groups in total. The van der Waals surface area contributed by atoms with E-state index in [9.17, 15) is 18.0 Å². The number of fused-ring (bicyclic) bond motifs is 1. The molecule has 3 rings (SSSR count). The van der Waals surface area contributed by atoms with Gasteiger partial charge in [-0.15, -0.1) is 0 Å². The fourth-order valence-electron chi connectivity index (χ4n) is 3.31. The Hall–Kier alpha value is -2.55. The maximum absolute atomic E-state index is 12.4. The van der Waals surface area contributed by atoms with Crippen LogP contribution in [0.4, 0.5) is 0 Å². The average Bonchev–Trinajstić information content (AvgIpc) is 2.95. The van der Waals surface area contributed by atoms with Gasteiger partial charge in [0.15, 0.2) is 9.84 Å². The Kier molecular flexibility index (Phi) is 5.14. The fraction of sp³-hybridized carbons (Fsp3) is 0.444.